The van der Waals surface area contributed by atoms with Crippen LogP contribution in [-0.2, 0) is 9.59 Å². The molecule has 122 valence electrons. The van der Waals surface area contributed by atoms with Gasteiger partial charge in [-0.25, -0.2) is 4.79 Å². The van der Waals surface area contributed by atoms with Crippen molar-refractivity contribution in [2.24, 2.45) is 0 Å². The Morgan fingerprint density at radius 3 is 2.55 bits per heavy atom. The number of carbonyl (C=O) groups excluding carboxylic acids is 1. The standard InChI is InChI=1S/C17H25NO4/c1-12-8-9-13(2)14(11-12)22-10-6-5-7-15(19)18-17(3,4)16(20)21/h8-9,11H,5-7,10H2,1-4H3,(H,18,19)(H,20,21). The van der Waals surface area contributed by atoms with Crippen LogP contribution in [0, 0.1) is 13.8 Å². The number of aryl methyl sites for hydroxylation is 2. The van der Waals surface area contributed by atoms with Crippen molar-refractivity contribution < 1.29 is 19.4 Å². The van der Waals surface area contributed by atoms with E-state index in [9.17, 15) is 9.59 Å². The summed E-state index contributed by atoms with van der Waals surface area (Å²) >= 11 is 0. The van der Waals surface area contributed by atoms with Gasteiger partial charge in [-0.05, 0) is 57.7 Å². The molecule has 0 radical (unpaired) electrons. The predicted octanol–water partition coefficient (Wildman–Crippen LogP) is 2.83. The first-order valence-electron chi connectivity index (χ1n) is 7.47. The van der Waals surface area contributed by atoms with Crippen molar-refractivity contribution in [1.29, 1.82) is 0 Å². The lowest BCUT2D eigenvalue weighted by atomic mass is 10.1. The Labute approximate surface area is 131 Å². The summed E-state index contributed by atoms with van der Waals surface area (Å²) in [6.07, 6.45) is 1.70. The van der Waals surface area contributed by atoms with Crippen molar-refractivity contribution in [2.75, 3.05) is 6.61 Å². The van der Waals surface area contributed by atoms with E-state index in [1.165, 1.54) is 13.8 Å². The molecular weight excluding hydrogens is 282 g/mol. The maximum atomic E-state index is 11.7. The van der Waals surface area contributed by atoms with E-state index < -0.39 is 11.5 Å². The quantitative estimate of drug-likeness (QED) is 0.724. The summed E-state index contributed by atoms with van der Waals surface area (Å²) in [6, 6.07) is 6.06. The predicted molar refractivity (Wildman–Crippen MR) is 85.1 cm³/mol. The number of amides is 1. The largest absolute Gasteiger partial charge is 0.493 e. The number of carbonyl (C=O) groups is 2. The van der Waals surface area contributed by atoms with Gasteiger partial charge in [0, 0.05) is 6.42 Å². The van der Waals surface area contributed by atoms with Gasteiger partial charge in [-0.2, -0.15) is 0 Å². The minimum atomic E-state index is -1.23. The van der Waals surface area contributed by atoms with Crippen LogP contribution in [0.2, 0.25) is 0 Å². The van der Waals surface area contributed by atoms with E-state index in [1.807, 2.05) is 32.0 Å². The fraction of sp³-hybridized carbons (Fsp3) is 0.529. The van der Waals surface area contributed by atoms with Crippen LogP contribution in [-0.4, -0.2) is 29.1 Å². The molecular formula is C17H25NO4. The Bertz CT molecular complexity index is 537. The van der Waals surface area contributed by atoms with Crippen LogP contribution in [0.1, 0.15) is 44.2 Å². The summed E-state index contributed by atoms with van der Waals surface area (Å²) in [4.78, 5) is 22.6. The van der Waals surface area contributed by atoms with Crippen molar-refractivity contribution >= 4 is 11.9 Å². The number of nitrogens with one attached hydrogen (secondary N) is 1. The van der Waals surface area contributed by atoms with Crippen LogP contribution in [0.4, 0.5) is 0 Å². The fourth-order valence-corrected chi connectivity index (χ4v) is 1.90. The lowest BCUT2D eigenvalue weighted by molar-refractivity contribution is -0.146. The highest BCUT2D eigenvalue weighted by Crippen LogP contribution is 2.19. The number of aliphatic carboxylic acids is 1. The summed E-state index contributed by atoms with van der Waals surface area (Å²) in [5.74, 6) is -0.422. The number of benzene rings is 1. The van der Waals surface area contributed by atoms with Crippen LogP contribution >= 0.6 is 0 Å². The Morgan fingerprint density at radius 1 is 1.23 bits per heavy atom. The molecule has 0 bridgehead atoms. The first-order valence-corrected chi connectivity index (χ1v) is 7.47. The highest BCUT2D eigenvalue weighted by Gasteiger charge is 2.28. The molecule has 0 aromatic heterocycles. The number of hydrogen-bond donors (Lipinski definition) is 2. The number of hydrogen-bond acceptors (Lipinski definition) is 3. The number of carboxylic acid groups (broad SMARTS) is 1. The normalized spacial score (nSPS) is 11.1. The van der Waals surface area contributed by atoms with E-state index in [-0.39, 0.29) is 5.91 Å². The summed E-state index contributed by atoms with van der Waals surface area (Å²) < 4.78 is 5.71. The van der Waals surface area contributed by atoms with Gasteiger partial charge in [0.25, 0.3) is 0 Å². The van der Waals surface area contributed by atoms with Gasteiger partial charge in [0.05, 0.1) is 6.61 Å². The second-order valence-corrected chi connectivity index (χ2v) is 6.05. The number of ether oxygens (including phenoxy) is 1. The Kier molecular flexibility index (Phi) is 6.40. The first-order chi connectivity index (χ1) is 10.2. The van der Waals surface area contributed by atoms with E-state index in [0.29, 0.717) is 19.4 Å². The van der Waals surface area contributed by atoms with Gasteiger partial charge in [-0.1, -0.05) is 12.1 Å². The molecule has 0 fully saturated rings. The topological polar surface area (TPSA) is 75.6 Å². The molecule has 0 heterocycles. The van der Waals surface area contributed by atoms with Gasteiger partial charge in [0.2, 0.25) is 5.91 Å². The van der Waals surface area contributed by atoms with Gasteiger partial charge in [0.1, 0.15) is 11.3 Å². The summed E-state index contributed by atoms with van der Waals surface area (Å²) in [6.45, 7) is 7.49. The third-order valence-corrected chi connectivity index (χ3v) is 3.39. The number of carboxylic acids is 1. The Hall–Kier alpha value is -2.04. The van der Waals surface area contributed by atoms with Crippen molar-refractivity contribution in [3.63, 3.8) is 0 Å². The third-order valence-electron chi connectivity index (χ3n) is 3.39. The molecule has 0 saturated carbocycles. The van der Waals surface area contributed by atoms with Crippen molar-refractivity contribution in [2.45, 2.75) is 52.5 Å². The molecule has 0 aliphatic carbocycles. The average Bonchev–Trinajstić information content (AvgIpc) is 2.41. The van der Waals surface area contributed by atoms with E-state index in [2.05, 4.69) is 5.32 Å². The molecule has 1 aromatic rings. The van der Waals surface area contributed by atoms with Gasteiger partial charge >= 0.3 is 5.97 Å². The molecule has 5 nitrogen and oxygen atoms in total. The molecule has 0 unspecified atom stereocenters. The van der Waals surface area contributed by atoms with Gasteiger partial charge in [-0.3, -0.25) is 4.79 Å². The van der Waals surface area contributed by atoms with Gasteiger partial charge < -0.3 is 15.2 Å². The second kappa shape index (κ2) is 7.82. The molecule has 5 heteroatoms. The van der Waals surface area contributed by atoms with E-state index in [1.54, 1.807) is 0 Å². The average molecular weight is 307 g/mol. The molecule has 0 aliphatic rings. The maximum absolute atomic E-state index is 11.7. The van der Waals surface area contributed by atoms with Gasteiger partial charge in [0.15, 0.2) is 0 Å². The summed E-state index contributed by atoms with van der Waals surface area (Å²) in [5.41, 5.74) is 1.01. The summed E-state index contributed by atoms with van der Waals surface area (Å²) in [7, 11) is 0. The second-order valence-electron chi connectivity index (χ2n) is 6.05. The number of unbranched alkanes of at least 4 members (excludes halogenated alkanes) is 1. The van der Waals surface area contributed by atoms with E-state index >= 15 is 0 Å². The molecule has 0 aliphatic heterocycles. The molecule has 0 spiro atoms. The van der Waals surface area contributed by atoms with Crippen LogP contribution in [0.5, 0.6) is 5.75 Å². The zero-order valence-electron chi connectivity index (χ0n) is 13.7. The molecule has 0 atom stereocenters. The molecule has 0 saturated heterocycles. The molecule has 1 amide bonds. The Balaban J connectivity index is 2.27. The van der Waals surface area contributed by atoms with Crippen LogP contribution in [0.25, 0.3) is 0 Å². The van der Waals surface area contributed by atoms with Gasteiger partial charge in [-0.15, -0.1) is 0 Å². The highest BCUT2D eigenvalue weighted by molar-refractivity contribution is 5.86. The highest BCUT2D eigenvalue weighted by atomic mass is 16.5. The van der Waals surface area contributed by atoms with Crippen molar-refractivity contribution in [3.8, 4) is 5.75 Å². The van der Waals surface area contributed by atoms with Crippen LogP contribution in [0.3, 0.4) is 0 Å². The van der Waals surface area contributed by atoms with E-state index in [0.717, 1.165) is 23.3 Å². The minimum Gasteiger partial charge on any atom is -0.493 e. The SMILES string of the molecule is Cc1ccc(C)c(OCCCCC(=O)NC(C)(C)C(=O)O)c1. The lowest BCUT2D eigenvalue weighted by Gasteiger charge is -2.20. The zero-order valence-corrected chi connectivity index (χ0v) is 13.7. The zero-order chi connectivity index (χ0) is 16.8. The number of rotatable bonds is 8. The first kappa shape index (κ1) is 18.0. The maximum Gasteiger partial charge on any atom is 0.328 e. The van der Waals surface area contributed by atoms with Crippen molar-refractivity contribution in [1.82, 2.24) is 5.32 Å². The molecule has 2 N–H and O–H groups in total. The van der Waals surface area contributed by atoms with Crippen LogP contribution in [0.15, 0.2) is 18.2 Å². The third kappa shape index (κ3) is 5.76. The molecule has 22 heavy (non-hydrogen) atoms. The van der Waals surface area contributed by atoms with Crippen molar-refractivity contribution in [3.05, 3.63) is 29.3 Å². The van der Waals surface area contributed by atoms with E-state index in [4.69, 9.17) is 9.84 Å². The summed E-state index contributed by atoms with van der Waals surface area (Å²) in [5, 5.41) is 11.4. The Morgan fingerprint density at radius 2 is 1.91 bits per heavy atom. The minimum absolute atomic E-state index is 0.251. The fourth-order valence-electron chi connectivity index (χ4n) is 1.90. The monoisotopic (exact) mass is 307 g/mol. The lowest BCUT2D eigenvalue weighted by Crippen LogP contribution is -2.49. The molecule has 1 aromatic carbocycles. The smallest absolute Gasteiger partial charge is 0.328 e. The molecule has 1 rings (SSSR count). The van der Waals surface area contributed by atoms with Crippen LogP contribution < -0.4 is 10.1 Å².